The molecule has 26 heavy (non-hydrogen) atoms. The quantitative estimate of drug-likeness (QED) is 0.666. The number of hydrogen-bond donors (Lipinski definition) is 0. The second kappa shape index (κ2) is 7.46. The first-order valence-electron chi connectivity index (χ1n) is 9.06. The zero-order chi connectivity index (χ0) is 17.9. The Kier molecular flexibility index (Phi) is 4.89. The van der Waals surface area contributed by atoms with E-state index in [1.807, 2.05) is 41.4 Å². The monoisotopic (exact) mass is 364 g/mol. The lowest BCUT2D eigenvalue weighted by molar-refractivity contribution is -0.131. The van der Waals surface area contributed by atoms with Gasteiger partial charge in [0.1, 0.15) is 0 Å². The Morgan fingerprint density at radius 1 is 1.12 bits per heavy atom. The number of rotatable bonds is 3. The van der Waals surface area contributed by atoms with Gasteiger partial charge in [0.2, 0.25) is 5.91 Å². The number of hydrogen-bond acceptors (Lipinski definition) is 2. The van der Waals surface area contributed by atoms with Crippen molar-refractivity contribution in [2.75, 3.05) is 13.1 Å². The third-order valence-electron chi connectivity index (χ3n) is 5.11. The van der Waals surface area contributed by atoms with Crippen molar-refractivity contribution in [1.29, 1.82) is 0 Å². The van der Waals surface area contributed by atoms with E-state index in [2.05, 4.69) is 29.2 Å². The van der Waals surface area contributed by atoms with Crippen LogP contribution in [0.2, 0.25) is 5.02 Å². The van der Waals surface area contributed by atoms with E-state index < -0.39 is 0 Å². The number of nitrogens with zero attached hydrogens (tertiary/aromatic N) is 2. The van der Waals surface area contributed by atoms with Crippen molar-refractivity contribution in [2.45, 2.75) is 25.2 Å². The molecule has 4 heteroatoms. The maximum absolute atomic E-state index is 12.7. The molecule has 1 aliphatic rings. The molecule has 0 aliphatic carbocycles. The number of benzene rings is 2. The largest absolute Gasteiger partial charge is 0.342 e. The summed E-state index contributed by atoms with van der Waals surface area (Å²) in [5, 5.41) is 3.06. The SMILES string of the molecule is O=C(Cc1ccc(Cl)cc1)N1CCCC(c2cc3ccccc3cn2)C1. The lowest BCUT2D eigenvalue weighted by Gasteiger charge is -2.32. The molecule has 1 aliphatic heterocycles. The lowest BCUT2D eigenvalue weighted by atomic mass is 9.93. The Hall–Kier alpha value is -2.39. The summed E-state index contributed by atoms with van der Waals surface area (Å²) in [4.78, 5) is 19.4. The Bertz CT molecular complexity index is 923. The molecule has 1 atom stereocenters. The molecule has 3 aromatic rings. The number of pyridine rings is 1. The average Bonchev–Trinajstić information content (AvgIpc) is 2.69. The third-order valence-corrected chi connectivity index (χ3v) is 5.37. The first-order valence-corrected chi connectivity index (χ1v) is 9.44. The molecule has 0 bridgehead atoms. The van der Waals surface area contributed by atoms with Crippen LogP contribution in [0.5, 0.6) is 0 Å². The normalized spacial score (nSPS) is 17.4. The third kappa shape index (κ3) is 3.73. The van der Waals surface area contributed by atoms with Crippen molar-refractivity contribution in [2.24, 2.45) is 0 Å². The summed E-state index contributed by atoms with van der Waals surface area (Å²) in [5.41, 5.74) is 2.10. The van der Waals surface area contributed by atoms with Crippen LogP contribution in [0.1, 0.15) is 30.0 Å². The first-order chi connectivity index (χ1) is 12.7. The fourth-order valence-electron chi connectivity index (χ4n) is 3.66. The van der Waals surface area contributed by atoms with E-state index in [-0.39, 0.29) is 5.91 Å². The van der Waals surface area contributed by atoms with Gasteiger partial charge in [0.25, 0.3) is 0 Å². The molecule has 0 N–H and O–H groups in total. The van der Waals surface area contributed by atoms with E-state index in [1.165, 1.54) is 5.39 Å². The molecule has 1 aromatic heterocycles. The summed E-state index contributed by atoms with van der Waals surface area (Å²) in [7, 11) is 0. The van der Waals surface area contributed by atoms with Crippen LogP contribution in [0.15, 0.2) is 60.8 Å². The van der Waals surface area contributed by atoms with Gasteiger partial charge in [0.15, 0.2) is 0 Å². The Morgan fingerprint density at radius 3 is 2.69 bits per heavy atom. The zero-order valence-corrected chi connectivity index (χ0v) is 15.3. The van der Waals surface area contributed by atoms with Gasteiger partial charge >= 0.3 is 0 Å². The van der Waals surface area contributed by atoms with E-state index in [4.69, 9.17) is 11.6 Å². The van der Waals surface area contributed by atoms with Crippen LogP contribution in [0, 0.1) is 0 Å². The molecule has 0 saturated carbocycles. The van der Waals surface area contributed by atoms with Crippen LogP contribution in [0.4, 0.5) is 0 Å². The number of halogens is 1. The molecule has 1 fully saturated rings. The van der Waals surface area contributed by atoms with Crippen LogP contribution in [-0.2, 0) is 11.2 Å². The van der Waals surface area contributed by atoms with Crippen molar-refractivity contribution < 1.29 is 4.79 Å². The summed E-state index contributed by atoms with van der Waals surface area (Å²) >= 11 is 5.92. The smallest absolute Gasteiger partial charge is 0.227 e. The topological polar surface area (TPSA) is 33.2 Å². The summed E-state index contributed by atoms with van der Waals surface area (Å²) in [6.45, 7) is 1.58. The highest BCUT2D eigenvalue weighted by Crippen LogP contribution is 2.28. The van der Waals surface area contributed by atoms with Gasteiger partial charge < -0.3 is 4.90 Å². The van der Waals surface area contributed by atoms with Gasteiger partial charge in [-0.3, -0.25) is 9.78 Å². The van der Waals surface area contributed by atoms with E-state index in [0.29, 0.717) is 17.4 Å². The predicted octanol–water partition coefficient (Wildman–Crippen LogP) is 4.84. The van der Waals surface area contributed by atoms with Crippen LogP contribution in [0.3, 0.4) is 0 Å². The van der Waals surface area contributed by atoms with Crippen LogP contribution >= 0.6 is 11.6 Å². The van der Waals surface area contributed by atoms with E-state index in [0.717, 1.165) is 42.6 Å². The molecule has 132 valence electrons. The molecule has 2 heterocycles. The summed E-state index contributed by atoms with van der Waals surface area (Å²) in [6.07, 6.45) is 4.47. The Morgan fingerprint density at radius 2 is 1.88 bits per heavy atom. The second-order valence-corrected chi connectivity index (χ2v) is 7.37. The predicted molar refractivity (Wildman–Crippen MR) is 105 cm³/mol. The van der Waals surface area contributed by atoms with Gasteiger partial charge in [-0.05, 0) is 42.0 Å². The van der Waals surface area contributed by atoms with Gasteiger partial charge in [-0.15, -0.1) is 0 Å². The molecule has 1 amide bonds. The van der Waals surface area contributed by atoms with Gasteiger partial charge in [0, 0.05) is 41.3 Å². The fraction of sp³-hybridized carbons (Fsp3) is 0.273. The molecule has 2 aromatic carbocycles. The van der Waals surface area contributed by atoms with E-state index in [9.17, 15) is 4.79 Å². The minimum Gasteiger partial charge on any atom is -0.342 e. The number of aromatic nitrogens is 1. The first kappa shape index (κ1) is 17.0. The van der Waals surface area contributed by atoms with Crippen LogP contribution < -0.4 is 0 Å². The summed E-state index contributed by atoms with van der Waals surface area (Å²) in [6, 6.07) is 18.0. The highest BCUT2D eigenvalue weighted by atomic mass is 35.5. The minimum atomic E-state index is 0.179. The highest BCUT2D eigenvalue weighted by Gasteiger charge is 2.25. The maximum atomic E-state index is 12.7. The zero-order valence-electron chi connectivity index (χ0n) is 14.6. The van der Waals surface area contributed by atoms with Crippen LogP contribution in [0.25, 0.3) is 10.8 Å². The van der Waals surface area contributed by atoms with Crippen molar-refractivity contribution in [3.8, 4) is 0 Å². The van der Waals surface area contributed by atoms with Crippen molar-refractivity contribution in [3.63, 3.8) is 0 Å². The number of fused-ring (bicyclic) bond motifs is 1. The molecule has 1 saturated heterocycles. The van der Waals surface area contributed by atoms with Gasteiger partial charge in [-0.2, -0.15) is 0 Å². The summed E-state index contributed by atoms with van der Waals surface area (Å²) in [5.74, 6) is 0.486. The molecule has 4 rings (SSSR count). The van der Waals surface area contributed by atoms with Crippen LogP contribution in [-0.4, -0.2) is 28.9 Å². The highest BCUT2D eigenvalue weighted by molar-refractivity contribution is 6.30. The number of piperidine rings is 1. The van der Waals surface area contributed by atoms with Crippen molar-refractivity contribution in [3.05, 3.63) is 77.1 Å². The number of carbonyl (C=O) groups excluding carboxylic acids is 1. The van der Waals surface area contributed by atoms with Crippen molar-refractivity contribution in [1.82, 2.24) is 9.88 Å². The van der Waals surface area contributed by atoms with Crippen molar-refractivity contribution >= 4 is 28.3 Å². The molecular formula is C22H21ClN2O. The molecular weight excluding hydrogens is 344 g/mol. The molecule has 3 nitrogen and oxygen atoms in total. The van der Waals surface area contributed by atoms with E-state index >= 15 is 0 Å². The lowest BCUT2D eigenvalue weighted by Crippen LogP contribution is -2.40. The minimum absolute atomic E-state index is 0.179. The van der Waals surface area contributed by atoms with Gasteiger partial charge in [-0.25, -0.2) is 0 Å². The number of amides is 1. The van der Waals surface area contributed by atoms with Gasteiger partial charge in [0.05, 0.1) is 6.42 Å². The molecule has 1 unspecified atom stereocenters. The Balaban J connectivity index is 1.47. The van der Waals surface area contributed by atoms with Gasteiger partial charge in [-0.1, -0.05) is 48.0 Å². The molecule has 0 radical (unpaired) electrons. The maximum Gasteiger partial charge on any atom is 0.227 e. The summed E-state index contributed by atoms with van der Waals surface area (Å²) < 4.78 is 0. The standard InChI is InChI=1S/C22H21ClN2O/c23-20-9-7-16(8-10-20)12-22(26)25-11-3-6-19(15-25)21-13-17-4-1-2-5-18(17)14-24-21/h1-2,4-5,7-10,13-14,19H,3,6,11-12,15H2. The fourth-order valence-corrected chi connectivity index (χ4v) is 3.78. The van der Waals surface area contributed by atoms with E-state index in [1.54, 1.807) is 0 Å². The number of likely N-dealkylation sites (tertiary alicyclic amines) is 1. The Labute approximate surface area is 158 Å². The average molecular weight is 365 g/mol. The second-order valence-electron chi connectivity index (χ2n) is 6.94. The molecule has 0 spiro atoms. The number of carbonyl (C=O) groups is 1.